The molecular weight excluding hydrogens is 310 g/mol. The van der Waals surface area contributed by atoms with E-state index < -0.39 is 6.10 Å². The normalized spacial score (nSPS) is 26.9. The van der Waals surface area contributed by atoms with Crippen LogP contribution in [0, 0.1) is 6.92 Å². The van der Waals surface area contributed by atoms with Crippen molar-refractivity contribution < 1.29 is 9.84 Å². The summed E-state index contributed by atoms with van der Waals surface area (Å²) in [5, 5.41) is 11.0. The maximum atomic E-state index is 11.0. The predicted octanol–water partition coefficient (Wildman–Crippen LogP) is 3.71. The Balaban J connectivity index is 1.46. The molecule has 0 aromatic heterocycles. The highest BCUT2D eigenvalue weighted by Crippen LogP contribution is 2.30. The first-order valence-electron chi connectivity index (χ1n) is 9.43. The summed E-state index contributed by atoms with van der Waals surface area (Å²) in [6, 6.07) is 17.0. The maximum absolute atomic E-state index is 11.0. The smallest absolute Gasteiger partial charge is 0.126 e. The molecular formula is C22H27NO2. The Morgan fingerprint density at radius 3 is 2.72 bits per heavy atom. The van der Waals surface area contributed by atoms with Crippen molar-refractivity contribution in [2.45, 2.75) is 57.4 Å². The van der Waals surface area contributed by atoms with Crippen LogP contribution >= 0.6 is 0 Å². The molecule has 25 heavy (non-hydrogen) atoms. The van der Waals surface area contributed by atoms with Gasteiger partial charge in [0.05, 0.1) is 0 Å². The zero-order chi connectivity index (χ0) is 17.2. The van der Waals surface area contributed by atoms with E-state index in [-0.39, 0.29) is 12.1 Å². The van der Waals surface area contributed by atoms with Crippen LogP contribution in [0.5, 0.6) is 5.75 Å². The van der Waals surface area contributed by atoms with Crippen molar-refractivity contribution in [2.75, 3.05) is 6.54 Å². The largest absolute Gasteiger partial charge is 0.488 e. The third-order valence-electron chi connectivity index (χ3n) is 5.67. The van der Waals surface area contributed by atoms with E-state index in [0.29, 0.717) is 0 Å². The maximum Gasteiger partial charge on any atom is 0.126 e. The van der Waals surface area contributed by atoms with E-state index in [1.54, 1.807) is 0 Å². The zero-order valence-electron chi connectivity index (χ0n) is 14.9. The van der Waals surface area contributed by atoms with Crippen molar-refractivity contribution in [3.8, 4) is 5.75 Å². The second-order valence-electron chi connectivity index (χ2n) is 7.45. The SMILES string of the molecule is Cc1cccc(O[C@@H]2CCC[C@H](N3CCc4ccccc4C3)[C@H]2O)c1. The topological polar surface area (TPSA) is 32.7 Å². The van der Waals surface area contributed by atoms with Crippen LogP contribution in [0.25, 0.3) is 0 Å². The highest BCUT2D eigenvalue weighted by Gasteiger charge is 2.37. The molecule has 0 spiro atoms. The predicted molar refractivity (Wildman–Crippen MR) is 99.8 cm³/mol. The lowest BCUT2D eigenvalue weighted by Gasteiger charge is -2.43. The molecule has 1 N–H and O–H groups in total. The lowest BCUT2D eigenvalue weighted by Crippen LogP contribution is -2.53. The van der Waals surface area contributed by atoms with E-state index in [9.17, 15) is 5.11 Å². The molecule has 3 heteroatoms. The number of aliphatic hydroxyl groups is 1. The van der Waals surface area contributed by atoms with Crippen LogP contribution in [0.4, 0.5) is 0 Å². The molecule has 3 atom stereocenters. The lowest BCUT2D eigenvalue weighted by molar-refractivity contribution is -0.0571. The fourth-order valence-electron chi connectivity index (χ4n) is 4.31. The van der Waals surface area contributed by atoms with Gasteiger partial charge in [-0.1, -0.05) is 36.4 Å². The van der Waals surface area contributed by atoms with Gasteiger partial charge in [0.1, 0.15) is 18.0 Å². The van der Waals surface area contributed by atoms with Gasteiger partial charge in [0.25, 0.3) is 0 Å². The second-order valence-corrected chi connectivity index (χ2v) is 7.45. The Hall–Kier alpha value is -1.84. The van der Waals surface area contributed by atoms with Crippen molar-refractivity contribution in [3.63, 3.8) is 0 Å². The molecule has 1 saturated carbocycles. The molecule has 132 valence electrons. The Labute approximate surface area is 150 Å². The van der Waals surface area contributed by atoms with E-state index in [0.717, 1.165) is 44.5 Å². The number of nitrogens with zero attached hydrogens (tertiary/aromatic N) is 1. The van der Waals surface area contributed by atoms with E-state index in [2.05, 4.69) is 42.2 Å². The molecule has 0 amide bonds. The van der Waals surface area contributed by atoms with Gasteiger partial charge in [0, 0.05) is 19.1 Å². The number of hydrogen-bond donors (Lipinski definition) is 1. The van der Waals surface area contributed by atoms with Gasteiger partial charge in [-0.05, 0) is 61.4 Å². The number of fused-ring (bicyclic) bond motifs is 1. The molecule has 1 aliphatic carbocycles. The van der Waals surface area contributed by atoms with Crippen LogP contribution in [0.3, 0.4) is 0 Å². The monoisotopic (exact) mass is 337 g/mol. The van der Waals surface area contributed by atoms with E-state index in [4.69, 9.17) is 4.74 Å². The average molecular weight is 337 g/mol. The van der Waals surface area contributed by atoms with Crippen LogP contribution in [-0.2, 0) is 13.0 Å². The van der Waals surface area contributed by atoms with Gasteiger partial charge < -0.3 is 9.84 Å². The summed E-state index contributed by atoms with van der Waals surface area (Å²) < 4.78 is 6.16. The summed E-state index contributed by atoms with van der Waals surface area (Å²) in [5.41, 5.74) is 4.05. The fraction of sp³-hybridized carbons (Fsp3) is 0.455. The molecule has 0 bridgehead atoms. The molecule has 3 nitrogen and oxygen atoms in total. The standard InChI is InChI=1S/C22H27NO2/c1-16-6-4-9-19(14-16)25-21-11-5-10-20(22(21)24)23-13-12-17-7-2-3-8-18(17)15-23/h2-4,6-9,14,20-22,24H,5,10-13,15H2,1H3/t20-,21+,22+/m0/s1. The van der Waals surface area contributed by atoms with Gasteiger partial charge in [-0.25, -0.2) is 0 Å². The number of hydrogen-bond acceptors (Lipinski definition) is 3. The van der Waals surface area contributed by atoms with Crippen LogP contribution in [0.2, 0.25) is 0 Å². The minimum Gasteiger partial charge on any atom is -0.488 e. The number of aliphatic hydroxyl groups excluding tert-OH is 1. The van der Waals surface area contributed by atoms with E-state index in [1.807, 2.05) is 18.2 Å². The number of ether oxygens (including phenoxy) is 1. The highest BCUT2D eigenvalue weighted by atomic mass is 16.5. The molecule has 4 rings (SSSR count). The Morgan fingerprint density at radius 2 is 1.88 bits per heavy atom. The molecule has 1 heterocycles. The molecule has 0 saturated heterocycles. The minimum absolute atomic E-state index is 0.113. The third-order valence-corrected chi connectivity index (χ3v) is 5.67. The summed E-state index contributed by atoms with van der Waals surface area (Å²) in [5.74, 6) is 0.869. The fourth-order valence-corrected chi connectivity index (χ4v) is 4.31. The van der Waals surface area contributed by atoms with Crippen molar-refractivity contribution in [1.82, 2.24) is 4.90 Å². The first-order valence-corrected chi connectivity index (χ1v) is 9.43. The van der Waals surface area contributed by atoms with Gasteiger partial charge in [0.15, 0.2) is 0 Å². The molecule has 2 aromatic rings. The van der Waals surface area contributed by atoms with Crippen LogP contribution < -0.4 is 4.74 Å². The van der Waals surface area contributed by atoms with E-state index in [1.165, 1.54) is 16.7 Å². The van der Waals surface area contributed by atoms with Crippen molar-refractivity contribution in [3.05, 3.63) is 65.2 Å². The third kappa shape index (κ3) is 3.58. The summed E-state index contributed by atoms with van der Waals surface area (Å²) in [6.07, 6.45) is 3.61. The molecule has 1 aliphatic heterocycles. The van der Waals surface area contributed by atoms with E-state index >= 15 is 0 Å². The Kier molecular flexibility index (Phi) is 4.78. The first-order chi connectivity index (χ1) is 12.2. The molecule has 2 aliphatic rings. The van der Waals surface area contributed by atoms with Crippen LogP contribution in [0.15, 0.2) is 48.5 Å². The quantitative estimate of drug-likeness (QED) is 0.927. The minimum atomic E-state index is -0.431. The molecule has 1 fully saturated rings. The average Bonchev–Trinajstić information content (AvgIpc) is 2.63. The molecule has 0 unspecified atom stereocenters. The van der Waals surface area contributed by atoms with Crippen LogP contribution in [0.1, 0.15) is 36.0 Å². The van der Waals surface area contributed by atoms with Crippen molar-refractivity contribution in [1.29, 1.82) is 0 Å². The van der Waals surface area contributed by atoms with Gasteiger partial charge in [-0.2, -0.15) is 0 Å². The zero-order valence-corrected chi connectivity index (χ0v) is 14.9. The van der Waals surface area contributed by atoms with Crippen molar-refractivity contribution in [2.24, 2.45) is 0 Å². The van der Waals surface area contributed by atoms with Crippen molar-refractivity contribution >= 4 is 0 Å². The summed E-state index contributed by atoms with van der Waals surface area (Å²) in [6.45, 7) is 4.03. The Bertz CT molecular complexity index is 729. The van der Waals surface area contributed by atoms with Gasteiger partial charge in [0.2, 0.25) is 0 Å². The Morgan fingerprint density at radius 1 is 1.04 bits per heavy atom. The van der Waals surface area contributed by atoms with Crippen LogP contribution in [-0.4, -0.2) is 34.8 Å². The molecule has 2 aromatic carbocycles. The van der Waals surface area contributed by atoms with Gasteiger partial charge >= 0.3 is 0 Å². The molecule has 0 radical (unpaired) electrons. The number of benzene rings is 2. The number of rotatable bonds is 3. The number of aryl methyl sites for hydroxylation is 1. The highest BCUT2D eigenvalue weighted by molar-refractivity contribution is 5.30. The second kappa shape index (κ2) is 7.19. The van der Waals surface area contributed by atoms with Gasteiger partial charge in [-0.3, -0.25) is 4.90 Å². The summed E-state index contributed by atoms with van der Waals surface area (Å²) in [4.78, 5) is 2.46. The summed E-state index contributed by atoms with van der Waals surface area (Å²) in [7, 11) is 0. The van der Waals surface area contributed by atoms with Gasteiger partial charge in [-0.15, -0.1) is 0 Å². The first kappa shape index (κ1) is 16.6. The lowest BCUT2D eigenvalue weighted by atomic mass is 9.87. The summed E-state index contributed by atoms with van der Waals surface area (Å²) >= 11 is 0.